The molecular formula is C17H19N5O4. The van der Waals surface area contributed by atoms with Crippen LogP contribution >= 0.6 is 0 Å². The number of methoxy groups -OCH3 is 2. The standard InChI is InChI=1S/C17H19N5O4/c1-21-16-12(9-19-21)17(24)22(10-18-16)7-6-15(23)20-13-8-11(25-2)4-5-14(13)26-3/h4-5,8-10H,6-7H2,1-3H3,(H,20,23). The summed E-state index contributed by atoms with van der Waals surface area (Å²) in [5.74, 6) is 0.869. The summed E-state index contributed by atoms with van der Waals surface area (Å²) in [4.78, 5) is 28.9. The molecule has 9 heteroatoms. The van der Waals surface area contributed by atoms with Crippen molar-refractivity contribution in [3.8, 4) is 11.5 Å². The van der Waals surface area contributed by atoms with Crippen LogP contribution in [0.5, 0.6) is 11.5 Å². The zero-order valence-corrected chi connectivity index (χ0v) is 14.7. The largest absolute Gasteiger partial charge is 0.497 e. The van der Waals surface area contributed by atoms with Gasteiger partial charge < -0.3 is 14.8 Å². The number of nitrogens with one attached hydrogen (secondary N) is 1. The summed E-state index contributed by atoms with van der Waals surface area (Å²) in [6.45, 7) is 0.203. The zero-order valence-electron chi connectivity index (χ0n) is 14.7. The van der Waals surface area contributed by atoms with Gasteiger partial charge in [-0.15, -0.1) is 0 Å². The van der Waals surface area contributed by atoms with Crippen molar-refractivity contribution in [1.82, 2.24) is 19.3 Å². The van der Waals surface area contributed by atoms with Crippen LogP contribution in [0.3, 0.4) is 0 Å². The molecule has 136 valence electrons. The summed E-state index contributed by atoms with van der Waals surface area (Å²) in [5, 5.41) is 7.21. The molecule has 0 aliphatic heterocycles. The number of fused-ring (bicyclic) bond motifs is 1. The van der Waals surface area contributed by atoms with Gasteiger partial charge in [-0.2, -0.15) is 5.10 Å². The molecule has 1 aromatic carbocycles. The number of carbonyl (C=O) groups is 1. The zero-order chi connectivity index (χ0) is 18.7. The normalized spacial score (nSPS) is 10.7. The topological polar surface area (TPSA) is 100 Å². The van der Waals surface area contributed by atoms with Gasteiger partial charge in [-0.1, -0.05) is 0 Å². The highest BCUT2D eigenvalue weighted by molar-refractivity contribution is 5.92. The fourth-order valence-corrected chi connectivity index (χ4v) is 2.57. The number of hydrogen-bond donors (Lipinski definition) is 1. The number of carbonyl (C=O) groups excluding carboxylic acids is 1. The van der Waals surface area contributed by atoms with Gasteiger partial charge in [0, 0.05) is 26.1 Å². The molecule has 0 unspecified atom stereocenters. The van der Waals surface area contributed by atoms with Crippen LogP contribution in [0.4, 0.5) is 5.69 Å². The Balaban J connectivity index is 1.72. The monoisotopic (exact) mass is 357 g/mol. The van der Waals surface area contributed by atoms with Crippen molar-refractivity contribution < 1.29 is 14.3 Å². The van der Waals surface area contributed by atoms with Crippen LogP contribution in [0.15, 0.2) is 35.5 Å². The number of benzene rings is 1. The molecule has 0 saturated heterocycles. The van der Waals surface area contributed by atoms with Crippen molar-refractivity contribution >= 4 is 22.6 Å². The molecule has 2 heterocycles. The highest BCUT2D eigenvalue weighted by atomic mass is 16.5. The van der Waals surface area contributed by atoms with Gasteiger partial charge >= 0.3 is 0 Å². The maximum Gasteiger partial charge on any atom is 0.264 e. The number of rotatable bonds is 6. The molecule has 0 fully saturated rings. The smallest absolute Gasteiger partial charge is 0.264 e. The van der Waals surface area contributed by atoms with E-state index in [0.717, 1.165) is 0 Å². The van der Waals surface area contributed by atoms with Crippen molar-refractivity contribution in [3.63, 3.8) is 0 Å². The summed E-state index contributed by atoms with van der Waals surface area (Å²) in [6, 6.07) is 5.12. The lowest BCUT2D eigenvalue weighted by molar-refractivity contribution is -0.116. The van der Waals surface area contributed by atoms with E-state index in [-0.39, 0.29) is 24.4 Å². The van der Waals surface area contributed by atoms with E-state index in [1.165, 1.54) is 28.9 Å². The molecule has 3 rings (SSSR count). The molecule has 0 radical (unpaired) electrons. The predicted octanol–water partition coefficient (Wildman–Crippen LogP) is 1.18. The maximum absolute atomic E-state index is 12.4. The predicted molar refractivity (Wildman–Crippen MR) is 95.6 cm³/mol. The van der Waals surface area contributed by atoms with Crippen LogP contribution < -0.4 is 20.3 Å². The van der Waals surface area contributed by atoms with E-state index >= 15 is 0 Å². The van der Waals surface area contributed by atoms with Crippen LogP contribution in [0.1, 0.15) is 6.42 Å². The molecule has 0 saturated carbocycles. The van der Waals surface area contributed by atoms with Crippen molar-refractivity contribution in [2.45, 2.75) is 13.0 Å². The molecular weight excluding hydrogens is 338 g/mol. The summed E-state index contributed by atoms with van der Waals surface area (Å²) < 4.78 is 13.3. The minimum atomic E-state index is -0.255. The summed E-state index contributed by atoms with van der Waals surface area (Å²) >= 11 is 0. The van der Waals surface area contributed by atoms with E-state index in [0.29, 0.717) is 28.2 Å². The second-order valence-corrected chi connectivity index (χ2v) is 5.61. The van der Waals surface area contributed by atoms with Crippen LogP contribution in [0, 0.1) is 0 Å². The van der Waals surface area contributed by atoms with Gasteiger partial charge in [0.1, 0.15) is 16.9 Å². The van der Waals surface area contributed by atoms with Crippen molar-refractivity contribution in [2.75, 3.05) is 19.5 Å². The van der Waals surface area contributed by atoms with Crippen molar-refractivity contribution in [1.29, 1.82) is 0 Å². The first-order valence-corrected chi connectivity index (χ1v) is 7.92. The molecule has 0 bridgehead atoms. The summed E-state index contributed by atoms with van der Waals surface area (Å²) in [7, 11) is 4.78. The molecule has 3 aromatic rings. The molecule has 0 atom stereocenters. The number of aryl methyl sites for hydroxylation is 2. The quantitative estimate of drug-likeness (QED) is 0.711. The van der Waals surface area contributed by atoms with Crippen LogP contribution in [0.25, 0.3) is 11.0 Å². The number of hydrogen-bond acceptors (Lipinski definition) is 6. The molecule has 0 spiro atoms. The average Bonchev–Trinajstić information content (AvgIpc) is 3.03. The van der Waals surface area contributed by atoms with E-state index in [9.17, 15) is 9.59 Å². The third kappa shape index (κ3) is 3.37. The van der Waals surface area contributed by atoms with Crippen LogP contribution in [-0.2, 0) is 18.4 Å². The van der Waals surface area contributed by atoms with Gasteiger partial charge in [-0.25, -0.2) is 4.98 Å². The Morgan fingerprint density at radius 1 is 1.27 bits per heavy atom. The minimum Gasteiger partial charge on any atom is -0.497 e. The van der Waals surface area contributed by atoms with Crippen LogP contribution in [0.2, 0.25) is 0 Å². The Bertz CT molecular complexity index is 1010. The number of nitrogens with zero attached hydrogens (tertiary/aromatic N) is 4. The van der Waals surface area contributed by atoms with E-state index < -0.39 is 0 Å². The van der Waals surface area contributed by atoms with Crippen LogP contribution in [-0.4, -0.2) is 39.5 Å². The Morgan fingerprint density at radius 3 is 2.81 bits per heavy atom. The van der Waals surface area contributed by atoms with Gasteiger partial charge in [-0.05, 0) is 12.1 Å². The lowest BCUT2D eigenvalue weighted by atomic mass is 10.2. The minimum absolute atomic E-state index is 0.105. The molecule has 26 heavy (non-hydrogen) atoms. The van der Waals surface area contributed by atoms with E-state index in [4.69, 9.17) is 9.47 Å². The highest BCUT2D eigenvalue weighted by Crippen LogP contribution is 2.28. The lowest BCUT2D eigenvalue weighted by Crippen LogP contribution is -2.23. The Morgan fingerprint density at radius 2 is 2.08 bits per heavy atom. The van der Waals surface area contributed by atoms with E-state index in [1.54, 1.807) is 32.4 Å². The fraction of sp³-hybridized carbons (Fsp3) is 0.294. The Hall–Kier alpha value is -3.36. The first-order valence-electron chi connectivity index (χ1n) is 7.92. The maximum atomic E-state index is 12.4. The van der Waals surface area contributed by atoms with Gasteiger partial charge in [0.2, 0.25) is 5.91 Å². The lowest BCUT2D eigenvalue weighted by Gasteiger charge is -2.12. The molecule has 9 nitrogen and oxygen atoms in total. The number of aromatic nitrogens is 4. The van der Waals surface area contributed by atoms with E-state index in [2.05, 4.69) is 15.4 Å². The SMILES string of the molecule is COc1ccc(OC)c(NC(=O)CCn2cnc3c(cnn3C)c2=O)c1. The molecule has 0 aliphatic carbocycles. The highest BCUT2D eigenvalue weighted by Gasteiger charge is 2.12. The van der Waals surface area contributed by atoms with Crippen molar-refractivity contribution in [2.24, 2.45) is 7.05 Å². The Labute approximate surface area is 149 Å². The first kappa shape index (κ1) is 17.5. The van der Waals surface area contributed by atoms with Gasteiger partial charge in [0.25, 0.3) is 5.56 Å². The second-order valence-electron chi connectivity index (χ2n) is 5.61. The number of amides is 1. The van der Waals surface area contributed by atoms with Gasteiger partial charge in [-0.3, -0.25) is 18.8 Å². The number of anilines is 1. The third-order valence-corrected chi connectivity index (χ3v) is 3.98. The number of ether oxygens (including phenoxy) is 2. The molecule has 2 aromatic heterocycles. The molecule has 0 aliphatic rings. The van der Waals surface area contributed by atoms with Gasteiger partial charge in [0.15, 0.2) is 5.65 Å². The van der Waals surface area contributed by atoms with Crippen molar-refractivity contribution in [3.05, 3.63) is 41.1 Å². The molecule has 1 N–H and O–H groups in total. The molecule has 1 amide bonds. The fourth-order valence-electron chi connectivity index (χ4n) is 2.57. The van der Waals surface area contributed by atoms with Gasteiger partial charge in [0.05, 0.1) is 32.4 Å². The third-order valence-electron chi connectivity index (χ3n) is 3.98. The average molecular weight is 357 g/mol. The summed E-state index contributed by atoms with van der Waals surface area (Å²) in [6.07, 6.45) is 3.00. The second kappa shape index (κ2) is 7.26. The summed E-state index contributed by atoms with van der Waals surface area (Å²) in [5.41, 5.74) is 0.789. The first-order chi connectivity index (χ1) is 12.5. The van der Waals surface area contributed by atoms with E-state index in [1.807, 2.05) is 0 Å². The Kier molecular flexibility index (Phi) is 4.87.